The first-order chi connectivity index (χ1) is 6.45. The van der Waals surface area contributed by atoms with E-state index in [2.05, 4.69) is 4.98 Å². The van der Waals surface area contributed by atoms with Gasteiger partial charge in [-0.05, 0) is 18.6 Å². The number of alkyl halides is 3. The molecular formula is C9H7F3N2. The van der Waals surface area contributed by atoms with Crippen molar-refractivity contribution in [1.29, 1.82) is 5.26 Å². The molecule has 1 heterocycles. The van der Waals surface area contributed by atoms with Gasteiger partial charge in [0.15, 0.2) is 0 Å². The highest BCUT2D eigenvalue weighted by Crippen LogP contribution is 2.32. The maximum Gasteiger partial charge on any atom is 0.416 e. The lowest BCUT2D eigenvalue weighted by Crippen LogP contribution is -2.10. The summed E-state index contributed by atoms with van der Waals surface area (Å²) < 4.78 is 37.2. The van der Waals surface area contributed by atoms with E-state index in [9.17, 15) is 13.2 Å². The van der Waals surface area contributed by atoms with Crippen LogP contribution in [0.2, 0.25) is 0 Å². The molecule has 0 N–H and O–H groups in total. The van der Waals surface area contributed by atoms with Crippen molar-refractivity contribution >= 4 is 0 Å². The Morgan fingerprint density at radius 1 is 1.50 bits per heavy atom. The summed E-state index contributed by atoms with van der Waals surface area (Å²) in [5.74, 6) is 0. The van der Waals surface area contributed by atoms with Gasteiger partial charge in [-0.3, -0.25) is 4.98 Å². The Labute approximate surface area is 79.0 Å². The highest BCUT2D eigenvalue weighted by Gasteiger charge is 2.33. The minimum Gasteiger partial charge on any atom is -0.261 e. The minimum atomic E-state index is -4.42. The zero-order chi connectivity index (χ0) is 10.8. The van der Waals surface area contributed by atoms with Crippen LogP contribution in [0.15, 0.2) is 12.3 Å². The summed E-state index contributed by atoms with van der Waals surface area (Å²) in [5, 5.41) is 8.33. The first kappa shape index (κ1) is 10.5. The highest BCUT2D eigenvalue weighted by molar-refractivity contribution is 5.30. The number of pyridine rings is 1. The predicted molar refractivity (Wildman–Crippen MR) is 43.3 cm³/mol. The van der Waals surface area contributed by atoms with Gasteiger partial charge < -0.3 is 0 Å². The second-order valence-electron chi connectivity index (χ2n) is 2.82. The Morgan fingerprint density at radius 3 is 2.64 bits per heavy atom. The number of rotatable bonds is 1. The van der Waals surface area contributed by atoms with Crippen molar-refractivity contribution in [3.63, 3.8) is 0 Å². The summed E-state index contributed by atoms with van der Waals surface area (Å²) in [6.45, 7) is 1.48. The second-order valence-corrected chi connectivity index (χ2v) is 2.82. The molecule has 14 heavy (non-hydrogen) atoms. The largest absolute Gasteiger partial charge is 0.416 e. The highest BCUT2D eigenvalue weighted by atomic mass is 19.4. The van der Waals surface area contributed by atoms with Gasteiger partial charge in [0, 0.05) is 11.9 Å². The fourth-order valence-electron chi connectivity index (χ4n) is 1.08. The van der Waals surface area contributed by atoms with Crippen LogP contribution in [0.25, 0.3) is 0 Å². The fourth-order valence-corrected chi connectivity index (χ4v) is 1.08. The van der Waals surface area contributed by atoms with Crippen LogP contribution < -0.4 is 0 Å². The minimum absolute atomic E-state index is 0.0781. The Morgan fingerprint density at radius 2 is 2.14 bits per heavy atom. The first-order valence-corrected chi connectivity index (χ1v) is 3.85. The van der Waals surface area contributed by atoms with Gasteiger partial charge in [0.05, 0.1) is 18.1 Å². The van der Waals surface area contributed by atoms with Crippen LogP contribution in [-0.4, -0.2) is 4.98 Å². The molecule has 1 rings (SSSR count). The van der Waals surface area contributed by atoms with Gasteiger partial charge in [-0.2, -0.15) is 18.4 Å². The van der Waals surface area contributed by atoms with Gasteiger partial charge in [0.25, 0.3) is 0 Å². The SMILES string of the molecule is Cc1cc(C(F)(F)F)c(CC#N)cn1. The first-order valence-electron chi connectivity index (χ1n) is 3.85. The molecule has 0 saturated carbocycles. The van der Waals surface area contributed by atoms with E-state index in [1.54, 1.807) is 6.07 Å². The van der Waals surface area contributed by atoms with E-state index in [4.69, 9.17) is 5.26 Å². The van der Waals surface area contributed by atoms with E-state index in [0.29, 0.717) is 5.69 Å². The molecule has 0 unspecified atom stereocenters. The van der Waals surface area contributed by atoms with E-state index in [1.165, 1.54) is 6.92 Å². The molecule has 0 aliphatic heterocycles. The molecule has 0 spiro atoms. The molecule has 1 aromatic rings. The molecule has 0 aliphatic carbocycles. The smallest absolute Gasteiger partial charge is 0.261 e. The molecule has 0 saturated heterocycles. The van der Waals surface area contributed by atoms with Crippen molar-refractivity contribution in [3.05, 3.63) is 29.1 Å². The molecule has 74 valence electrons. The lowest BCUT2D eigenvalue weighted by atomic mass is 10.1. The van der Waals surface area contributed by atoms with Crippen molar-refractivity contribution in [3.8, 4) is 6.07 Å². The van der Waals surface area contributed by atoms with E-state index >= 15 is 0 Å². The maximum absolute atomic E-state index is 12.4. The van der Waals surface area contributed by atoms with Crippen molar-refractivity contribution in [2.75, 3.05) is 0 Å². The molecule has 2 nitrogen and oxygen atoms in total. The number of hydrogen-bond acceptors (Lipinski definition) is 2. The standard InChI is InChI=1S/C9H7F3N2/c1-6-4-8(9(10,11)12)7(2-3-13)5-14-6/h4-5H,2H2,1H3. The summed E-state index contributed by atoms with van der Waals surface area (Å²) in [5.41, 5.74) is -0.559. The maximum atomic E-state index is 12.4. The summed E-state index contributed by atoms with van der Waals surface area (Å²) in [6.07, 6.45) is -3.59. The number of aromatic nitrogens is 1. The van der Waals surface area contributed by atoms with E-state index < -0.39 is 11.7 Å². The number of aryl methyl sites for hydroxylation is 1. The quantitative estimate of drug-likeness (QED) is 0.698. The third-order valence-electron chi connectivity index (χ3n) is 1.70. The van der Waals surface area contributed by atoms with Crippen LogP contribution in [0.4, 0.5) is 13.2 Å². The average Bonchev–Trinajstić information content (AvgIpc) is 2.07. The van der Waals surface area contributed by atoms with Gasteiger partial charge in [-0.25, -0.2) is 0 Å². The molecular weight excluding hydrogens is 193 g/mol. The van der Waals surface area contributed by atoms with Crippen LogP contribution in [0.3, 0.4) is 0 Å². The molecule has 0 atom stereocenters. The third-order valence-corrected chi connectivity index (χ3v) is 1.70. The van der Waals surface area contributed by atoms with Gasteiger partial charge in [0.1, 0.15) is 0 Å². The Kier molecular flexibility index (Phi) is 2.75. The van der Waals surface area contributed by atoms with Gasteiger partial charge in [-0.1, -0.05) is 0 Å². The molecule has 5 heteroatoms. The van der Waals surface area contributed by atoms with Crippen LogP contribution in [-0.2, 0) is 12.6 Å². The van der Waals surface area contributed by atoms with E-state index in [1.807, 2.05) is 0 Å². The van der Waals surface area contributed by atoms with Crippen LogP contribution in [0, 0.1) is 18.3 Å². The molecule has 1 aromatic heterocycles. The Bertz CT molecular complexity index is 377. The Hall–Kier alpha value is -1.57. The second kappa shape index (κ2) is 3.66. The lowest BCUT2D eigenvalue weighted by molar-refractivity contribution is -0.138. The third kappa shape index (κ3) is 2.22. The van der Waals surface area contributed by atoms with Crippen LogP contribution in [0.1, 0.15) is 16.8 Å². The summed E-state index contributed by atoms with van der Waals surface area (Å²) in [4.78, 5) is 3.72. The van der Waals surface area contributed by atoms with Crippen LogP contribution in [0.5, 0.6) is 0 Å². The summed E-state index contributed by atoms with van der Waals surface area (Å²) in [7, 11) is 0. The normalized spacial score (nSPS) is 11.1. The lowest BCUT2D eigenvalue weighted by Gasteiger charge is -2.10. The molecule has 0 amide bonds. The monoisotopic (exact) mass is 200 g/mol. The van der Waals surface area contributed by atoms with Gasteiger partial charge >= 0.3 is 6.18 Å². The zero-order valence-corrected chi connectivity index (χ0v) is 7.39. The molecule has 0 aromatic carbocycles. The molecule has 0 bridgehead atoms. The number of halogens is 3. The van der Waals surface area contributed by atoms with E-state index in [0.717, 1.165) is 12.3 Å². The van der Waals surface area contributed by atoms with Crippen LogP contribution >= 0.6 is 0 Å². The molecule has 0 aliphatic rings. The average molecular weight is 200 g/mol. The number of hydrogen-bond donors (Lipinski definition) is 0. The topological polar surface area (TPSA) is 36.7 Å². The zero-order valence-electron chi connectivity index (χ0n) is 7.39. The number of nitriles is 1. The predicted octanol–water partition coefficient (Wildman–Crippen LogP) is 2.47. The summed E-state index contributed by atoms with van der Waals surface area (Å²) >= 11 is 0. The fraction of sp³-hybridized carbons (Fsp3) is 0.333. The van der Waals surface area contributed by atoms with Gasteiger partial charge in [0.2, 0.25) is 0 Å². The van der Waals surface area contributed by atoms with Crippen molar-refractivity contribution in [2.24, 2.45) is 0 Å². The molecule has 0 radical (unpaired) electrons. The Balaban J connectivity index is 3.24. The number of nitrogens with zero attached hydrogens (tertiary/aromatic N) is 2. The molecule has 0 fully saturated rings. The van der Waals surface area contributed by atoms with Gasteiger partial charge in [-0.15, -0.1) is 0 Å². The summed E-state index contributed by atoms with van der Waals surface area (Å²) in [6, 6.07) is 2.63. The van der Waals surface area contributed by atoms with Crippen molar-refractivity contribution in [2.45, 2.75) is 19.5 Å². The van der Waals surface area contributed by atoms with Crippen molar-refractivity contribution in [1.82, 2.24) is 4.98 Å². The van der Waals surface area contributed by atoms with E-state index in [-0.39, 0.29) is 12.0 Å². The van der Waals surface area contributed by atoms with Crippen molar-refractivity contribution < 1.29 is 13.2 Å².